The number of imide groups is 1. The Morgan fingerprint density at radius 1 is 1.14 bits per heavy atom. The van der Waals surface area contributed by atoms with Crippen molar-refractivity contribution in [2.75, 3.05) is 39.4 Å². The Labute approximate surface area is 214 Å². The molecule has 1 aromatic heterocycles. The highest BCUT2D eigenvalue weighted by atomic mass is 35.5. The zero-order valence-electron chi connectivity index (χ0n) is 20.2. The molecule has 2 unspecified atom stereocenters. The first kappa shape index (κ1) is 23.3. The van der Waals surface area contributed by atoms with Gasteiger partial charge in [-0.3, -0.25) is 19.5 Å². The molecule has 0 radical (unpaired) electrons. The van der Waals surface area contributed by atoms with Gasteiger partial charge < -0.3 is 14.8 Å². The summed E-state index contributed by atoms with van der Waals surface area (Å²) < 4.78 is 5.44. The second-order valence-electron chi connectivity index (χ2n) is 9.83. The van der Waals surface area contributed by atoms with E-state index < -0.39 is 11.6 Å². The summed E-state index contributed by atoms with van der Waals surface area (Å²) in [7, 11) is 0. The summed E-state index contributed by atoms with van der Waals surface area (Å²) in [5.41, 5.74) is 2.50. The number of H-pyrrole nitrogens is 1. The molecule has 4 heterocycles. The zero-order chi connectivity index (χ0) is 25.0. The van der Waals surface area contributed by atoms with Crippen LogP contribution in [0.2, 0.25) is 5.02 Å². The van der Waals surface area contributed by atoms with Crippen molar-refractivity contribution in [1.29, 1.82) is 0 Å². The molecule has 6 rings (SSSR count). The van der Waals surface area contributed by atoms with Crippen LogP contribution < -0.4 is 0 Å². The molecule has 2 N–H and O–H groups in total. The molecule has 3 aromatic rings. The van der Waals surface area contributed by atoms with E-state index in [2.05, 4.69) is 9.88 Å². The van der Waals surface area contributed by atoms with Crippen LogP contribution in [0.15, 0.2) is 42.5 Å². The van der Waals surface area contributed by atoms with E-state index in [0.717, 1.165) is 40.8 Å². The summed E-state index contributed by atoms with van der Waals surface area (Å²) in [6, 6.07) is 11.8. The van der Waals surface area contributed by atoms with Gasteiger partial charge in [0.1, 0.15) is 17.3 Å². The molecule has 0 bridgehead atoms. The SMILES string of the molecule is CCC12Cc3c([nH]c4ccc(Cl)cc34)C(c3cccc(O)c3)N1C(=O)N(CCN1CCOCC1)C2=O. The minimum Gasteiger partial charge on any atom is -0.508 e. The number of halogens is 1. The van der Waals surface area contributed by atoms with E-state index >= 15 is 0 Å². The fourth-order valence-corrected chi connectivity index (χ4v) is 6.25. The van der Waals surface area contributed by atoms with Crippen LogP contribution >= 0.6 is 11.6 Å². The van der Waals surface area contributed by atoms with Crippen molar-refractivity contribution in [3.63, 3.8) is 0 Å². The van der Waals surface area contributed by atoms with Crippen molar-refractivity contribution in [3.05, 3.63) is 64.3 Å². The smallest absolute Gasteiger partial charge is 0.328 e. The maximum absolute atomic E-state index is 14.1. The number of rotatable bonds is 5. The number of aromatic amines is 1. The fourth-order valence-electron chi connectivity index (χ4n) is 6.08. The lowest BCUT2D eigenvalue weighted by molar-refractivity contribution is -0.134. The third kappa shape index (κ3) is 3.50. The number of hydrogen-bond donors (Lipinski definition) is 2. The molecule has 2 fully saturated rings. The first-order chi connectivity index (χ1) is 17.4. The number of urea groups is 1. The zero-order valence-corrected chi connectivity index (χ0v) is 20.9. The lowest BCUT2D eigenvalue weighted by Crippen LogP contribution is -2.55. The van der Waals surface area contributed by atoms with Crippen LogP contribution in [0.1, 0.15) is 36.2 Å². The molecule has 0 aliphatic carbocycles. The van der Waals surface area contributed by atoms with Gasteiger partial charge in [0.2, 0.25) is 0 Å². The molecule has 0 saturated carbocycles. The number of morpholine rings is 1. The first-order valence-electron chi connectivity index (χ1n) is 12.5. The Hall–Kier alpha value is -3.07. The Balaban J connectivity index is 1.47. The number of benzene rings is 2. The molecule has 9 heteroatoms. The highest BCUT2D eigenvalue weighted by Gasteiger charge is 2.61. The van der Waals surface area contributed by atoms with Crippen molar-refractivity contribution in [1.82, 2.24) is 19.7 Å². The number of phenols is 1. The van der Waals surface area contributed by atoms with Crippen LogP contribution in [0.4, 0.5) is 4.79 Å². The van der Waals surface area contributed by atoms with E-state index in [9.17, 15) is 14.7 Å². The molecule has 3 aliphatic rings. The summed E-state index contributed by atoms with van der Waals surface area (Å²) >= 11 is 6.36. The molecule has 0 spiro atoms. The molecule has 3 amide bonds. The molecular weight excluding hydrogens is 480 g/mol. The maximum Gasteiger partial charge on any atom is 0.328 e. The number of hydrogen-bond acceptors (Lipinski definition) is 5. The van der Waals surface area contributed by atoms with Gasteiger partial charge in [-0.15, -0.1) is 0 Å². The van der Waals surface area contributed by atoms with Crippen molar-refractivity contribution < 1.29 is 19.4 Å². The summed E-state index contributed by atoms with van der Waals surface area (Å²) in [6.45, 7) is 5.84. The van der Waals surface area contributed by atoms with Crippen molar-refractivity contribution >= 4 is 34.4 Å². The van der Waals surface area contributed by atoms with Crippen LogP contribution in [0.3, 0.4) is 0 Å². The van der Waals surface area contributed by atoms with Gasteiger partial charge in [0, 0.05) is 54.2 Å². The topological polar surface area (TPSA) is 89.1 Å². The second-order valence-corrected chi connectivity index (χ2v) is 10.3. The number of phenolic OH excluding ortho intramolecular Hbond substituents is 1. The van der Waals surface area contributed by atoms with E-state index in [1.165, 1.54) is 4.90 Å². The molecule has 36 heavy (non-hydrogen) atoms. The first-order valence-corrected chi connectivity index (χ1v) is 12.8. The molecule has 8 nitrogen and oxygen atoms in total. The predicted molar refractivity (Wildman–Crippen MR) is 136 cm³/mol. The predicted octanol–water partition coefficient (Wildman–Crippen LogP) is 3.92. The Bertz CT molecular complexity index is 1350. The number of aromatic hydroxyl groups is 1. The number of ether oxygens (including phenoxy) is 1. The number of carbonyl (C=O) groups is 2. The van der Waals surface area contributed by atoms with Crippen LogP contribution in [-0.2, 0) is 16.0 Å². The van der Waals surface area contributed by atoms with Gasteiger partial charge in [0.05, 0.1) is 13.2 Å². The normalized spacial score (nSPS) is 24.4. The van der Waals surface area contributed by atoms with E-state index in [-0.39, 0.29) is 17.7 Å². The van der Waals surface area contributed by atoms with Gasteiger partial charge in [-0.05, 0) is 47.9 Å². The number of carbonyl (C=O) groups excluding carboxylic acids is 2. The molecular formula is C27H29ClN4O4. The molecule has 2 aromatic carbocycles. The van der Waals surface area contributed by atoms with E-state index in [1.54, 1.807) is 23.1 Å². The molecule has 3 aliphatic heterocycles. The average Bonchev–Trinajstić information content (AvgIpc) is 3.34. The van der Waals surface area contributed by atoms with Crippen LogP contribution in [0, 0.1) is 0 Å². The number of aromatic nitrogens is 1. The minimum absolute atomic E-state index is 0.114. The van der Waals surface area contributed by atoms with Crippen LogP contribution in [-0.4, -0.2) is 81.7 Å². The summed E-state index contributed by atoms with van der Waals surface area (Å²) in [5, 5.41) is 11.9. The highest BCUT2D eigenvalue weighted by molar-refractivity contribution is 6.31. The number of amides is 3. The summed E-state index contributed by atoms with van der Waals surface area (Å²) in [5.74, 6) is -0.0431. The second kappa shape index (κ2) is 8.80. The quantitative estimate of drug-likeness (QED) is 0.510. The highest BCUT2D eigenvalue weighted by Crippen LogP contribution is 2.50. The van der Waals surface area contributed by atoms with Gasteiger partial charge in [-0.2, -0.15) is 0 Å². The fraction of sp³-hybridized carbons (Fsp3) is 0.407. The summed E-state index contributed by atoms with van der Waals surface area (Å²) in [6.07, 6.45) is 0.890. The van der Waals surface area contributed by atoms with Crippen LogP contribution in [0.5, 0.6) is 5.75 Å². The standard InChI is InChI=1S/C27H29ClN4O4/c1-2-27-16-21-20-15-18(28)6-7-22(20)29-23(21)24(17-4-3-5-19(33)14-17)32(27)26(35)31(25(27)34)9-8-30-10-12-36-13-11-30/h3-7,14-15,24,29,33H,2,8-13,16H2,1H3. The Kier molecular flexibility index (Phi) is 5.70. The van der Waals surface area contributed by atoms with Crippen molar-refractivity contribution in [2.24, 2.45) is 0 Å². The Morgan fingerprint density at radius 3 is 2.69 bits per heavy atom. The molecule has 2 saturated heterocycles. The van der Waals surface area contributed by atoms with Gasteiger partial charge in [0.15, 0.2) is 0 Å². The number of nitrogens with zero attached hydrogens (tertiary/aromatic N) is 3. The largest absolute Gasteiger partial charge is 0.508 e. The third-order valence-corrected chi connectivity index (χ3v) is 8.19. The molecule has 2 atom stereocenters. The minimum atomic E-state index is -1.01. The van der Waals surface area contributed by atoms with Crippen molar-refractivity contribution in [2.45, 2.75) is 31.3 Å². The van der Waals surface area contributed by atoms with Gasteiger partial charge in [-0.1, -0.05) is 30.7 Å². The van der Waals surface area contributed by atoms with E-state index in [4.69, 9.17) is 16.3 Å². The maximum atomic E-state index is 14.1. The third-order valence-electron chi connectivity index (χ3n) is 7.96. The average molecular weight is 509 g/mol. The van der Waals surface area contributed by atoms with Crippen molar-refractivity contribution in [3.8, 4) is 5.75 Å². The summed E-state index contributed by atoms with van der Waals surface area (Å²) in [4.78, 5) is 37.0. The van der Waals surface area contributed by atoms with Gasteiger partial charge in [0.25, 0.3) is 5.91 Å². The lowest BCUT2D eigenvalue weighted by atomic mass is 9.78. The number of nitrogens with one attached hydrogen (secondary N) is 1. The number of fused-ring (bicyclic) bond motifs is 4. The lowest BCUT2D eigenvalue weighted by Gasteiger charge is -2.44. The molecule has 188 valence electrons. The van der Waals surface area contributed by atoms with E-state index in [0.29, 0.717) is 44.2 Å². The Morgan fingerprint density at radius 2 is 1.94 bits per heavy atom. The van der Waals surface area contributed by atoms with Gasteiger partial charge >= 0.3 is 6.03 Å². The van der Waals surface area contributed by atoms with Crippen LogP contribution in [0.25, 0.3) is 10.9 Å². The van der Waals surface area contributed by atoms with Gasteiger partial charge in [-0.25, -0.2) is 4.79 Å². The monoisotopic (exact) mass is 508 g/mol. The van der Waals surface area contributed by atoms with E-state index in [1.807, 2.05) is 31.2 Å².